The molecular formula is C22H25N7O. The first-order chi connectivity index (χ1) is 14.6. The molecule has 0 spiro atoms. The van der Waals surface area contributed by atoms with Gasteiger partial charge < -0.3 is 11.1 Å². The molecule has 2 aromatic heterocycles. The van der Waals surface area contributed by atoms with Gasteiger partial charge >= 0.3 is 5.69 Å². The van der Waals surface area contributed by atoms with Gasteiger partial charge in [-0.1, -0.05) is 44.2 Å². The zero-order chi connectivity index (χ0) is 21.1. The molecule has 0 atom stereocenters. The number of aromatic nitrogens is 5. The Hall–Kier alpha value is -3.68. The van der Waals surface area contributed by atoms with E-state index >= 15 is 0 Å². The van der Waals surface area contributed by atoms with Crippen LogP contribution in [-0.4, -0.2) is 24.1 Å². The predicted molar refractivity (Wildman–Crippen MR) is 119 cm³/mol. The number of hydrogen-bond donors (Lipinski definition) is 2. The third-order valence-electron chi connectivity index (χ3n) is 5.02. The second-order valence-corrected chi connectivity index (χ2v) is 7.08. The Balaban J connectivity index is 1.71. The van der Waals surface area contributed by atoms with Crippen LogP contribution in [0.5, 0.6) is 0 Å². The van der Waals surface area contributed by atoms with Gasteiger partial charge in [-0.15, -0.1) is 0 Å². The molecule has 0 bridgehead atoms. The molecule has 0 aliphatic heterocycles. The maximum Gasteiger partial charge on any atom is 0.329 e. The number of fused-ring (bicyclic) bond motifs is 1. The van der Waals surface area contributed by atoms with E-state index in [0.29, 0.717) is 18.3 Å². The van der Waals surface area contributed by atoms with Crippen molar-refractivity contribution in [2.45, 2.75) is 39.8 Å². The number of nitrogens with one attached hydrogen (secondary N) is 1. The van der Waals surface area contributed by atoms with Gasteiger partial charge in [0.05, 0.1) is 17.6 Å². The number of nitrogen functional groups attached to an aromatic ring is 1. The van der Waals surface area contributed by atoms with Crippen molar-refractivity contribution in [3.8, 4) is 0 Å². The molecule has 0 saturated heterocycles. The Kier molecular flexibility index (Phi) is 5.47. The van der Waals surface area contributed by atoms with Crippen LogP contribution in [0.25, 0.3) is 11.0 Å². The summed E-state index contributed by atoms with van der Waals surface area (Å²) in [5.41, 5.74) is 9.69. The Labute approximate surface area is 174 Å². The highest BCUT2D eigenvalue weighted by Crippen LogP contribution is 2.20. The van der Waals surface area contributed by atoms with Crippen LogP contribution in [0.1, 0.15) is 31.7 Å². The fraction of sp³-hybridized carbons (Fsp3) is 0.273. The van der Waals surface area contributed by atoms with Crippen LogP contribution in [0.15, 0.2) is 53.3 Å². The van der Waals surface area contributed by atoms with E-state index in [1.807, 2.05) is 42.5 Å². The van der Waals surface area contributed by atoms with Crippen LogP contribution in [0.2, 0.25) is 0 Å². The third-order valence-corrected chi connectivity index (χ3v) is 5.02. The Bertz CT molecular complexity index is 1240. The van der Waals surface area contributed by atoms with E-state index in [1.165, 1.54) is 0 Å². The summed E-state index contributed by atoms with van der Waals surface area (Å²) in [7, 11) is 0. The number of rotatable bonds is 7. The monoisotopic (exact) mass is 403 g/mol. The van der Waals surface area contributed by atoms with Crippen LogP contribution >= 0.6 is 0 Å². The van der Waals surface area contributed by atoms with Crippen molar-refractivity contribution in [1.82, 2.24) is 24.1 Å². The largest absolute Gasteiger partial charge is 0.368 e. The quantitative estimate of drug-likeness (QED) is 0.490. The van der Waals surface area contributed by atoms with Gasteiger partial charge in [-0.2, -0.15) is 15.0 Å². The van der Waals surface area contributed by atoms with Crippen molar-refractivity contribution in [2.24, 2.45) is 0 Å². The predicted octanol–water partition coefficient (Wildman–Crippen LogP) is 3.33. The molecule has 0 amide bonds. The first kappa shape index (κ1) is 19.6. The summed E-state index contributed by atoms with van der Waals surface area (Å²) >= 11 is 0. The average Bonchev–Trinajstić information content (AvgIpc) is 3.00. The maximum atomic E-state index is 13.0. The van der Waals surface area contributed by atoms with E-state index in [4.69, 9.17) is 5.73 Å². The molecule has 2 heterocycles. The van der Waals surface area contributed by atoms with E-state index in [9.17, 15) is 4.79 Å². The number of imidazole rings is 1. The van der Waals surface area contributed by atoms with Crippen molar-refractivity contribution in [3.05, 3.63) is 70.4 Å². The number of benzene rings is 2. The Morgan fingerprint density at radius 1 is 0.933 bits per heavy atom. The highest BCUT2D eigenvalue weighted by Gasteiger charge is 2.15. The molecule has 0 unspecified atom stereocenters. The minimum atomic E-state index is -0.0807. The molecular weight excluding hydrogens is 378 g/mol. The lowest BCUT2D eigenvalue weighted by Gasteiger charge is -2.11. The van der Waals surface area contributed by atoms with Gasteiger partial charge in [-0.25, -0.2) is 4.79 Å². The summed E-state index contributed by atoms with van der Waals surface area (Å²) in [6.07, 6.45) is 1.75. The van der Waals surface area contributed by atoms with Gasteiger partial charge in [0.2, 0.25) is 11.9 Å². The number of para-hydroxylation sites is 3. The lowest BCUT2D eigenvalue weighted by Crippen LogP contribution is -2.25. The van der Waals surface area contributed by atoms with Crippen molar-refractivity contribution < 1.29 is 0 Å². The molecule has 0 radical (unpaired) electrons. The Morgan fingerprint density at radius 2 is 1.63 bits per heavy atom. The standard InChI is InChI=1S/C22H25N7O/c1-3-13-28-17-11-7-8-12-18(17)29(22(28)30)14-19-25-20(23)27-21(26-19)24-16-10-6-5-9-15(16)4-2/h5-12H,3-4,13-14H2,1-2H3,(H3,23,24,25,26,27). The first-order valence-corrected chi connectivity index (χ1v) is 10.1. The highest BCUT2D eigenvalue weighted by atomic mass is 16.1. The summed E-state index contributed by atoms with van der Waals surface area (Å²) < 4.78 is 3.47. The van der Waals surface area contributed by atoms with Crippen LogP contribution in [0.4, 0.5) is 17.6 Å². The Morgan fingerprint density at radius 3 is 2.37 bits per heavy atom. The number of aryl methyl sites for hydroxylation is 2. The number of nitrogens with zero attached hydrogens (tertiary/aromatic N) is 5. The molecule has 30 heavy (non-hydrogen) atoms. The van der Waals surface area contributed by atoms with Gasteiger partial charge in [0.1, 0.15) is 0 Å². The molecule has 8 heteroatoms. The van der Waals surface area contributed by atoms with Crippen molar-refractivity contribution in [1.29, 1.82) is 0 Å². The maximum absolute atomic E-state index is 13.0. The number of hydrogen-bond acceptors (Lipinski definition) is 6. The molecule has 0 saturated carbocycles. The normalized spacial score (nSPS) is 11.1. The van der Waals surface area contributed by atoms with E-state index in [2.05, 4.69) is 40.2 Å². The SMILES string of the molecule is CCCn1c(=O)n(Cc2nc(N)nc(Nc3ccccc3CC)n2)c2ccccc21. The molecule has 154 valence electrons. The summed E-state index contributed by atoms with van der Waals surface area (Å²) in [6.45, 7) is 5.02. The molecule has 4 aromatic rings. The van der Waals surface area contributed by atoms with Crippen molar-refractivity contribution in [3.63, 3.8) is 0 Å². The molecule has 8 nitrogen and oxygen atoms in total. The zero-order valence-corrected chi connectivity index (χ0v) is 17.2. The van der Waals surface area contributed by atoms with Gasteiger partial charge in [-0.3, -0.25) is 9.13 Å². The van der Waals surface area contributed by atoms with Crippen LogP contribution in [0, 0.1) is 0 Å². The fourth-order valence-corrected chi connectivity index (χ4v) is 3.64. The zero-order valence-electron chi connectivity index (χ0n) is 17.2. The third kappa shape index (κ3) is 3.76. The molecule has 0 fully saturated rings. The first-order valence-electron chi connectivity index (χ1n) is 10.1. The summed E-state index contributed by atoms with van der Waals surface area (Å²) in [6, 6.07) is 15.7. The van der Waals surface area contributed by atoms with Gasteiger partial charge in [0, 0.05) is 12.2 Å². The van der Waals surface area contributed by atoms with Gasteiger partial charge in [0.15, 0.2) is 5.82 Å². The summed E-state index contributed by atoms with van der Waals surface area (Å²) in [5.74, 6) is 0.908. The van der Waals surface area contributed by atoms with Crippen LogP contribution in [0.3, 0.4) is 0 Å². The summed E-state index contributed by atoms with van der Waals surface area (Å²) in [4.78, 5) is 26.0. The molecule has 2 aromatic carbocycles. The lowest BCUT2D eigenvalue weighted by molar-refractivity contribution is 0.629. The van der Waals surface area contributed by atoms with Crippen molar-refractivity contribution >= 4 is 28.6 Å². The molecule has 0 aliphatic rings. The topological polar surface area (TPSA) is 104 Å². The smallest absolute Gasteiger partial charge is 0.329 e. The van der Waals surface area contributed by atoms with E-state index < -0.39 is 0 Å². The molecule has 3 N–H and O–H groups in total. The van der Waals surface area contributed by atoms with Gasteiger partial charge in [0.25, 0.3) is 0 Å². The minimum absolute atomic E-state index is 0.0807. The van der Waals surface area contributed by atoms with E-state index in [-0.39, 0.29) is 18.2 Å². The minimum Gasteiger partial charge on any atom is -0.368 e. The fourth-order valence-electron chi connectivity index (χ4n) is 3.64. The second kappa shape index (κ2) is 8.36. The van der Waals surface area contributed by atoms with Crippen molar-refractivity contribution in [2.75, 3.05) is 11.1 Å². The van der Waals surface area contributed by atoms with Crippen LogP contribution < -0.4 is 16.7 Å². The summed E-state index contributed by atoms with van der Waals surface area (Å²) in [5, 5.41) is 3.23. The van der Waals surface area contributed by atoms with Crippen LogP contribution in [-0.2, 0) is 19.5 Å². The lowest BCUT2D eigenvalue weighted by atomic mass is 10.1. The average molecular weight is 403 g/mol. The molecule has 0 aliphatic carbocycles. The molecule has 4 rings (SSSR count). The second-order valence-electron chi connectivity index (χ2n) is 7.08. The number of anilines is 3. The number of nitrogens with two attached hydrogens (primary N) is 1. The van der Waals surface area contributed by atoms with E-state index in [1.54, 1.807) is 9.13 Å². The van der Waals surface area contributed by atoms with Gasteiger partial charge in [-0.05, 0) is 36.6 Å². The highest BCUT2D eigenvalue weighted by molar-refractivity contribution is 5.76. The van der Waals surface area contributed by atoms with E-state index in [0.717, 1.165) is 35.1 Å².